The van der Waals surface area contributed by atoms with Gasteiger partial charge in [-0.1, -0.05) is 18.2 Å². The van der Waals surface area contributed by atoms with Gasteiger partial charge in [0.25, 0.3) is 0 Å². The lowest BCUT2D eigenvalue weighted by atomic mass is 9.99. The zero-order valence-electron chi connectivity index (χ0n) is 14.3. The second-order valence-corrected chi connectivity index (χ2v) is 7.27. The lowest BCUT2D eigenvalue weighted by molar-refractivity contribution is -0.132. The van der Waals surface area contributed by atoms with E-state index in [1.165, 1.54) is 12.1 Å². The first-order valence-corrected chi connectivity index (χ1v) is 9.49. The van der Waals surface area contributed by atoms with Crippen molar-refractivity contribution in [2.75, 3.05) is 19.4 Å². The van der Waals surface area contributed by atoms with Gasteiger partial charge in [0.15, 0.2) is 0 Å². The molecule has 25 heavy (non-hydrogen) atoms. The van der Waals surface area contributed by atoms with E-state index < -0.39 is 0 Å². The summed E-state index contributed by atoms with van der Waals surface area (Å²) in [5.74, 6) is 1.65. The summed E-state index contributed by atoms with van der Waals surface area (Å²) in [5, 5.41) is 0. The van der Waals surface area contributed by atoms with Crippen molar-refractivity contribution in [3.05, 3.63) is 59.9 Å². The molecule has 1 amide bonds. The van der Waals surface area contributed by atoms with Gasteiger partial charge in [0.2, 0.25) is 5.91 Å². The summed E-state index contributed by atoms with van der Waals surface area (Å²) in [6.07, 6.45) is 2.14. The van der Waals surface area contributed by atoms with Crippen molar-refractivity contribution in [2.45, 2.75) is 30.2 Å². The molecular weight excluding hydrogens is 337 g/mol. The maximum absolute atomic E-state index is 12.9. The van der Waals surface area contributed by atoms with E-state index in [2.05, 4.69) is 0 Å². The number of para-hydroxylation sites is 1. The van der Waals surface area contributed by atoms with Gasteiger partial charge in [-0.25, -0.2) is 4.39 Å². The van der Waals surface area contributed by atoms with E-state index in [1.54, 1.807) is 23.9 Å². The van der Waals surface area contributed by atoms with E-state index >= 15 is 0 Å². The molecule has 1 unspecified atom stereocenters. The number of carbonyl (C=O) groups excluding carboxylic acids is 1. The van der Waals surface area contributed by atoms with Gasteiger partial charge in [-0.05, 0) is 42.5 Å². The molecule has 0 bridgehead atoms. The first kappa shape index (κ1) is 17.8. The van der Waals surface area contributed by atoms with Crippen LogP contribution in [0.2, 0.25) is 0 Å². The Morgan fingerprint density at radius 1 is 1.24 bits per heavy atom. The van der Waals surface area contributed by atoms with Gasteiger partial charge in [-0.2, -0.15) is 0 Å². The van der Waals surface area contributed by atoms with Gasteiger partial charge in [0.1, 0.15) is 11.6 Å². The molecule has 1 heterocycles. The molecule has 0 spiro atoms. The fourth-order valence-corrected chi connectivity index (χ4v) is 3.87. The fraction of sp³-hybridized carbons (Fsp3) is 0.350. The van der Waals surface area contributed by atoms with Gasteiger partial charge in [-0.3, -0.25) is 4.79 Å². The number of amides is 1. The molecule has 3 nitrogen and oxygen atoms in total. The van der Waals surface area contributed by atoms with E-state index in [4.69, 9.17) is 4.74 Å². The van der Waals surface area contributed by atoms with Crippen LogP contribution >= 0.6 is 11.8 Å². The predicted octanol–water partition coefficient (Wildman–Crippen LogP) is 4.68. The van der Waals surface area contributed by atoms with E-state index in [9.17, 15) is 9.18 Å². The number of hydrogen-bond acceptors (Lipinski definition) is 3. The third-order valence-corrected chi connectivity index (χ3v) is 5.50. The molecule has 0 N–H and O–H groups in total. The van der Waals surface area contributed by atoms with Crippen molar-refractivity contribution < 1.29 is 13.9 Å². The lowest BCUT2D eigenvalue weighted by Gasteiger charge is -2.33. The van der Waals surface area contributed by atoms with Gasteiger partial charge in [0, 0.05) is 30.3 Å². The SMILES string of the molecule is CN(C(=O)CCCSc1ccc(F)cc1)C1CCOc2ccccc21. The summed E-state index contributed by atoms with van der Waals surface area (Å²) in [6, 6.07) is 14.5. The summed E-state index contributed by atoms with van der Waals surface area (Å²) >= 11 is 1.65. The molecule has 3 rings (SSSR count). The maximum Gasteiger partial charge on any atom is 0.222 e. The highest BCUT2D eigenvalue weighted by atomic mass is 32.2. The highest BCUT2D eigenvalue weighted by Crippen LogP contribution is 2.35. The smallest absolute Gasteiger partial charge is 0.222 e. The Labute approximate surface area is 152 Å². The first-order chi connectivity index (χ1) is 12.1. The Morgan fingerprint density at radius 3 is 2.80 bits per heavy atom. The normalized spacial score (nSPS) is 16.0. The summed E-state index contributed by atoms with van der Waals surface area (Å²) in [7, 11) is 1.88. The third kappa shape index (κ3) is 4.54. The number of nitrogens with zero attached hydrogens (tertiary/aromatic N) is 1. The molecule has 0 aliphatic carbocycles. The molecule has 1 aliphatic heterocycles. The van der Waals surface area contributed by atoms with Crippen molar-refractivity contribution >= 4 is 17.7 Å². The van der Waals surface area contributed by atoms with Crippen LogP contribution in [0.5, 0.6) is 5.75 Å². The number of halogens is 1. The van der Waals surface area contributed by atoms with E-state index in [0.29, 0.717) is 13.0 Å². The summed E-state index contributed by atoms with van der Waals surface area (Å²) < 4.78 is 18.6. The van der Waals surface area contributed by atoms with E-state index in [1.807, 2.05) is 36.2 Å². The fourth-order valence-electron chi connectivity index (χ4n) is 3.02. The third-order valence-electron chi connectivity index (χ3n) is 4.41. The quantitative estimate of drug-likeness (QED) is 0.554. The molecule has 0 radical (unpaired) electrons. The van der Waals surface area contributed by atoms with Gasteiger partial charge in [-0.15, -0.1) is 11.8 Å². The highest BCUT2D eigenvalue weighted by Gasteiger charge is 2.27. The monoisotopic (exact) mass is 359 g/mol. The van der Waals surface area contributed by atoms with Crippen LogP contribution in [0.25, 0.3) is 0 Å². The lowest BCUT2D eigenvalue weighted by Crippen LogP contribution is -2.34. The Balaban J connectivity index is 1.49. The number of carbonyl (C=O) groups is 1. The molecule has 0 fully saturated rings. The Kier molecular flexibility index (Phi) is 5.97. The molecular formula is C20H22FNO2S. The molecule has 2 aromatic rings. The topological polar surface area (TPSA) is 29.5 Å². The number of benzene rings is 2. The number of ether oxygens (including phenoxy) is 1. The minimum atomic E-state index is -0.224. The van der Waals surface area contributed by atoms with E-state index in [-0.39, 0.29) is 17.8 Å². The summed E-state index contributed by atoms with van der Waals surface area (Å²) in [5.41, 5.74) is 1.09. The predicted molar refractivity (Wildman–Crippen MR) is 98.4 cm³/mol. The van der Waals surface area contributed by atoms with Crippen LogP contribution in [-0.2, 0) is 4.79 Å². The Bertz CT molecular complexity index is 720. The van der Waals surface area contributed by atoms with Gasteiger partial charge < -0.3 is 9.64 Å². The zero-order valence-corrected chi connectivity index (χ0v) is 15.1. The number of thioether (sulfide) groups is 1. The van der Waals surface area contributed by atoms with Crippen molar-refractivity contribution in [1.82, 2.24) is 4.90 Å². The zero-order chi connectivity index (χ0) is 17.6. The molecule has 1 aliphatic rings. The second-order valence-electron chi connectivity index (χ2n) is 6.10. The van der Waals surface area contributed by atoms with Crippen molar-refractivity contribution in [3.63, 3.8) is 0 Å². The average molecular weight is 359 g/mol. The molecule has 5 heteroatoms. The number of rotatable bonds is 6. The van der Waals surface area contributed by atoms with Crippen LogP contribution < -0.4 is 4.74 Å². The van der Waals surface area contributed by atoms with Crippen LogP contribution in [0.4, 0.5) is 4.39 Å². The van der Waals surface area contributed by atoms with Crippen LogP contribution in [0.15, 0.2) is 53.4 Å². The van der Waals surface area contributed by atoms with Crippen LogP contribution in [0, 0.1) is 5.82 Å². The number of fused-ring (bicyclic) bond motifs is 1. The molecule has 0 saturated carbocycles. The summed E-state index contributed by atoms with van der Waals surface area (Å²) in [6.45, 7) is 0.639. The second kappa shape index (κ2) is 8.39. The molecule has 2 aromatic carbocycles. The first-order valence-electron chi connectivity index (χ1n) is 8.51. The van der Waals surface area contributed by atoms with Crippen molar-refractivity contribution in [2.24, 2.45) is 0 Å². The minimum Gasteiger partial charge on any atom is -0.493 e. The molecule has 0 saturated heterocycles. The van der Waals surface area contributed by atoms with Crippen LogP contribution in [-0.4, -0.2) is 30.2 Å². The molecule has 1 atom stereocenters. The average Bonchev–Trinajstić information content (AvgIpc) is 2.65. The maximum atomic E-state index is 12.9. The Hall–Kier alpha value is -2.01. The van der Waals surface area contributed by atoms with Crippen molar-refractivity contribution in [1.29, 1.82) is 0 Å². The highest BCUT2D eigenvalue weighted by molar-refractivity contribution is 7.99. The van der Waals surface area contributed by atoms with Gasteiger partial charge >= 0.3 is 0 Å². The molecule has 132 valence electrons. The molecule has 0 aromatic heterocycles. The number of hydrogen-bond donors (Lipinski definition) is 0. The van der Waals surface area contributed by atoms with Crippen molar-refractivity contribution in [3.8, 4) is 5.75 Å². The van der Waals surface area contributed by atoms with E-state index in [0.717, 1.165) is 34.8 Å². The minimum absolute atomic E-state index is 0.0854. The largest absolute Gasteiger partial charge is 0.493 e. The standard InChI is InChI=1S/C20H22FNO2S/c1-22(18-12-13-24-19-6-3-2-5-17(18)19)20(23)7-4-14-25-16-10-8-15(21)9-11-16/h2-3,5-6,8-11,18H,4,7,12-14H2,1H3. The van der Waals surface area contributed by atoms with Crippen LogP contribution in [0.3, 0.4) is 0 Å². The van der Waals surface area contributed by atoms with Crippen LogP contribution in [0.1, 0.15) is 30.9 Å². The Morgan fingerprint density at radius 2 is 2.00 bits per heavy atom. The summed E-state index contributed by atoms with van der Waals surface area (Å²) in [4.78, 5) is 15.4. The van der Waals surface area contributed by atoms with Gasteiger partial charge in [0.05, 0.1) is 12.6 Å².